The van der Waals surface area contributed by atoms with E-state index in [9.17, 15) is 4.79 Å². The van der Waals surface area contributed by atoms with Gasteiger partial charge in [0.25, 0.3) is 0 Å². The minimum absolute atomic E-state index is 0.309. The average Bonchev–Trinajstić information content (AvgIpc) is 2.74. The highest BCUT2D eigenvalue weighted by atomic mass is 16.1. The lowest BCUT2D eigenvalue weighted by Gasteiger charge is -2.17. The van der Waals surface area contributed by atoms with Gasteiger partial charge in [0.2, 0.25) is 0 Å². The third kappa shape index (κ3) is 1.71. The Kier molecular flexibility index (Phi) is 2.42. The van der Waals surface area contributed by atoms with Gasteiger partial charge in [0.1, 0.15) is 11.6 Å². The molecular formula is C10H12N4O. The summed E-state index contributed by atoms with van der Waals surface area (Å²) < 4.78 is 1.33. The third-order valence-corrected chi connectivity index (χ3v) is 2.59. The second-order valence-corrected chi connectivity index (χ2v) is 3.68. The normalized spacial score (nSPS) is 15.3. The highest BCUT2D eigenvalue weighted by Gasteiger charge is 2.18. The largest absolute Gasteiger partial charge is 0.355 e. The second-order valence-electron chi connectivity index (χ2n) is 3.68. The monoisotopic (exact) mass is 204 g/mol. The summed E-state index contributed by atoms with van der Waals surface area (Å²) in [4.78, 5) is 17.3. The summed E-state index contributed by atoms with van der Waals surface area (Å²) in [6.45, 7) is 1.77. The van der Waals surface area contributed by atoms with E-state index in [0.717, 1.165) is 25.9 Å². The zero-order valence-electron chi connectivity index (χ0n) is 8.60. The highest BCUT2D eigenvalue weighted by molar-refractivity contribution is 5.52. The van der Waals surface area contributed by atoms with Crippen LogP contribution in [0.1, 0.15) is 18.4 Å². The molecule has 0 amide bonds. The van der Waals surface area contributed by atoms with E-state index >= 15 is 0 Å². The molecule has 5 heteroatoms. The predicted molar refractivity (Wildman–Crippen MR) is 55.6 cm³/mol. The summed E-state index contributed by atoms with van der Waals surface area (Å²) in [5.41, 5.74) is 0.162. The zero-order chi connectivity index (χ0) is 10.8. The summed E-state index contributed by atoms with van der Waals surface area (Å²) >= 11 is 0. The van der Waals surface area contributed by atoms with Crippen LogP contribution in [-0.2, 0) is 7.05 Å². The Hall–Kier alpha value is -1.83. The quantitative estimate of drug-likeness (QED) is 0.658. The third-order valence-electron chi connectivity index (χ3n) is 2.59. The lowest BCUT2D eigenvalue weighted by atomic mass is 10.3. The Labute approximate surface area is 87.6 Å². The summed E-state index contributed by atoms with van der Waals surface area (Å²) in [5.74, 6) is 0.540. The van der Waals surface area contributed by atoms with E-state index in [2.05, 4.69) is 11.1 Å². The van der Waals surface area contributed by atoms with Crippen molar-refractivity contribution >= 4 is 5.82 Å². The van der Waals surface area contributed by atoms with Gasteiger partial charge in [0, 0.05) is 26.3 Å². The van der Waals surface area contributed by atoms with Crippen molar-refractivity contribution in [1.29, 1.82) is 5.26 Å². The minimum Gasteiger partial charge on any atom is -0.355 e. The smallest absolute Gasteiger partial charge is 0.349 e. The topological polar surface area (TPSA) is 61.9 Å². The van der Waals surface area contributed by atoms with Gasteiger partial charge in [-0.1, -0.05) is 0 Å². The first-order valence-corrected chi connectivity index (χ1v) is 4.95. The van der Waals surface area contributed by atoms with Gasteiger partial charge < -0.3 is 9.47 Å². The van der Waals surface area contributed by atoms with Gasteiger partial charge in [-0.2, -0.15) is 10.2 Å². The molecule has 0 atom stereocenters. The Morgan fingerprint density at radius 1 is 1.47 bits per heavy atom. The van der Waals surface area contributed by atoms with E-state index in [0.29, 0.717) is 11.4 Å². The first kappa shape index (κ1) is 9.71. The number of nitriles is 1. The van der Waals surface area contributed by atoms with Gasteiger partial charge in [-0.15, -0.1) is 0 Å². The molecule has 78 valence electrons. The van der Waals surface area contributed by atoms with E-state index in [1.807, 2.05) is 4.90 Å². The van der Waals surface area contributed by atoms with Gasteiger partial charge in [0.15, 0.2) is 5.82 Å². The summed E-state index contributed by atoms with van der Waals surface area (Å²) in [6.07, 6.45) is 3.74. The number of aryl methyl sites for hydroxylation is 1. The maximum Gasteiger partial charge on any atom is 0.349 e. The van der Waals surface area contributed by atoms with Crippen molar-refractivity contribution in [3.8, 4) is 6.07 Å². The van der Waals surface area contributed by atoms with Gasteiger partial charge in [-0.05, 0) is 12.8 Å². The number of anilines is 1. The van der Waals surface area contributed by atoms with Crippen molar-refractivity contribution in [3.05, 3.63) is 22.2 Å². The molecule has 1 fully saturated rings. The van der Waals surface area contributed by atoms with Crippen molar-refractivity contribution in [2.24, 2.45) is 7.05 Å². The fourth-order valence-corrected chi connectivity index (χ4v) is 1.79. The molecule has 1 aromatic rings. The molecule has 1 saturated heterocycles. The molecule has 0 unspecified atom stereocenters. The molecule has 1 aromatic heterocycles. The van der Waals surface area contributed by atoms with Crippen LogP contribution < -0.4 is 10.6 Å². The number of hydrogen-bond acceptors (Lipinski definition) is 4. The molecular weight excluding hydrogens is 192 g/mol. The summed E-state index contributed by atoms with van der Waals surface area (Å²) in [7, 11) is 1.60. The Balaban J connectivity index is 2.50. The van der Waals surface area contributed by atoms with Crippen LogP contribution in [0.2, 0.25) is 0 Å². The number of rotatable bonds is 1. The van der Waals surface area contributed by atoms with Gasteiger partial charge in [0.05, 0.1) is 0 Å². The molecule has 15 heavy (non-hydrogen) atoms. The van der Waals surface area contributed by atoms with Crippen molar-refractivity contribution in [1.82, 2.24) is 9.55 Å². The molecule has 0 aromatic carbocycles. The van der Waals surface area contributed by atoms with E-state index in [1.165, 1.54) is 4.57 Å². The fraction of sp³-hybridized carbons (Fsp3) is 0.500. The number of nitrogens with zero attached hydrogens (tertiary/aromatic N) is 4. The lowest BCUT2D eigenvalue weighted by molar-refractivity contribution is 0.790. The van der Waals surface area contributed by atoms with Crippen molar-refractivity contribution in [3.63, 3.8) is 0 Å². The van der Waals surface area contributed by atoms with Gasteiger partial charge in [-0.3, -0.25) is 0 Å². The zero-order valence-corrected chi connectivity index (χ0v) is 8.60. The maximum absolute atomic E-state index is 11.4. The molecule has 2 rings (SSSR count). The Morgan fingerprint density at radius 3 is 2.73 bits per heavy atom. The van der Waals surface area contributed by atoms with Crippen LogP contribution >= 0.6 is 0 Å². The average molecular weight is 204 g/mol. The van der Waals surface area contributed by atoms with E-state index in [-0.39, 0.29) is 5.69 Å². The molecule has 0 radical (unpaired) electrons. The number of hydrogen-bond donors (Lipinski definition) is 0. The molecule has 0 aliphatic carbocycles. The van der Waals surface area contributed by atoms with E-state index < -0.39 is 0 Å². The summed E-state index contributed by atoms with van der Waals surface area (Å²) in [6, 6.07) is 2.08. The maximum atomic E-state index is 11.4. The fourth-order valence-electron chi connectivity index (χ4n) is 1.79. The van der Waals surface area contributed by atoms with Crippen LogP contribution in [0.4, 0.5) is 5.82 Å². The van der Waals surface area contributed by atoms with Gasteiger partial charge in [-0.25, -0.2) is 4.79 Å². The molecule has 0 spiro atoms. The van der Waals surface area contributed by atoms with Gasteiger partial charge >= 0.3 is 5.69 Å². The first-order valence-electron chi connectivity index (χ1n) is 4.95. The summed E-state index contributed by atoms with van der Waals surface area (Å²) in [5, 5.41) is 8.96. The Bertz CT molecular complexity index is 465. The molecule has 1 aliphatic heterocycles. The van der Waals surface area contributed by atoms with Crippen molar-refractivity contribution < 1.29 is 0 Å². The molecule has 0 bridgehead atoms. The molecule has 5 nitrogen and oxygen atoms in total. The second kappa shape index (κ2) is 3.73. The van der Waals surface area contributed by atoms with Crippen molar-refractivity contribution in [2.75, 3.05) is 18.0 Å². The first-order chi connectivity index (χ1) is 7.22. The van der Waals surface area contributed by atoms with Crippen LogP contribution in [0.3, 0.4) is 0 Å². The van der Waals surface area contributed by atoms with E-state index in [4.69, 9.17) is 5.26 Å². The standard InChI is InChI=1S/C10H12N4O/c1-13-7-8(6-11)9(12-10(13)15)14-4-2-3-5-14/h7H,2-5H2,1H3. The molecule has 0 saturated carbocycles. The minimum atomic E-state index is -0.309. The van der Waals surface area contributed by atoms with Crippen molar-refractivity contribution in [2.45, 2.75) is 12.8 Å². The lowest BCUT2D eigenvalue weighted by Crippen LogP contribution is -2.27. The number of aromatic nitrogens is 2. The van der Waals surface area contributed by atoms with Crippen LogP contribution in [0.25, 0.3) is 0 Å². The van der Waals surface area contributed by atoms with Crippen LogP contribution in [0, 0.1) is 11.3 Å². The Morgan fingerprint density at radius 2 is 2.13 bits per heavy atom. The predicted octanol–water partition coefficient (Wildman–Crippen LogP) is 0.252. The van der Waals surface area contributed by atoms with Crippen LogP contribution in [0.5, 0.6) is 0 Å². The van der Waals surface area contributed by atoms with Crippen LogP contribution in [-0.4, -0.2) is 22.6 Å². The molecule has 1 aliphatic rings. The molecule has 2 heterocycles. The van der Waals surface area contributed by atoms with Crippen LogP contribution in [0.15, 0.2) is 11.0 Å². The molecule has 0 N–H and O–H groups in total. The SMILES string of the molecule is Cn1cc(C#N)c(N2CCCC2)nc1=O. The highest BCUT2D eigenvalue weighted by Crippen LogP contribution is 2.19. The van der Waals surface area contributed by atoms with E-state index in [1.54, 1.807) is 13.2 Å².